The molecule has 0 spiro atoms. The van der Waals surface area contributed by atoms with Crippen LogP contribution in [0, 0.1) is 12.8 Å². The van der Waals surface area contributed by atoms with Crippen molar-refractivity contribution in [3.8, 4) is 5.75 Å². The van der Waals surface area contributed by atoms with E-state index in [0.717, 1.165) is 17.7 Å². The third-order valence-electron chi connectivity index (χ3n) is 6.15. The van der Waals surface area contributed by atoms with Gasteiger partial charge in [0.15, 0.2) is 0 Å². The summed E-state index contributed by atoms with van der Waals surface area (Å²) in [5, 5.41) is 21.3. The Hall–Kier alpha value is -1.88. The Morgan fingerprint density at radius 3 is 2.39 bits per heavy atom. The highest BCUT2D eigenvalue weighted by Gasteiger charge is 2.49. The zero-order valence-electron chi connectivity index (χ0n) is 17.5. The summed E-state index contributed by atoms with van der Waals surface area (Å²) in [6, 6.07) is 14.3. The second-order valence-corrected chi connectivity index (χ2v) is 8.12. The number of hydrogen-bond donors (Lipinski definition) is 2. The molecule has 0 saturated carbocycles. The molecule has 4 nitrogen and oxygen atoms in total. The first-order chi connectivity index (χ1) is 13.3. The van der Waals surface area contributed by atoms with Gasteiger partial charge in [0, 0.05) is 5.92 Å². The molecule has 1 saturated heterocycles. The Balaban J connectivity index is 1.88. The van der Waals surface area contributed by atoms with Gasteiger partial charge in [0.2, 0.25) is 0 Å². The summed E-state index contributed by atoms with van der Waals surface area (Å²) in [5.41, 5.74) is 3.52. The van der Waals surface area contributed by atoms with E-state index in [1.165, 1.54) is 16.7 Å². The summed E-state index contributed by atoms with van der Waals surface area (Å²) in [5.74, 6) is 0.761. The fraction of sp³-hybridized carbons (Fsp3) is 0.500. The van der Waals surface area contributed by atoms with Crippen molar-refractivity contribution in [3.63, 3.8) is 0 Å². The molecule has 152 valence electrons. The molecule has 0 bridgehead atoms. The predicted molar refractivity (Wildman–Crippen MR) is 111 cm³/mol. The number of rotatable bonds is 5. The molecule has 1 heterocycles. The van der Waals surface area contributed by atoms with E-state index < -0.39 is 17.8 Å². The first kappa shape index (κ1) is 20.8. The van der Waals surface area contributed by atoms with Crippen LogP contribution in [0.3, 0.4) is 0 Å². The SMILES string of the molecule is CCOc1ccc(Cc2cc([C@@]3(C)O[C@@H](C)[C@@H](C)[C@H](O)[C@H]3O)ccc2C)cc1. The van der Waals surface area contributed by atoms with Gasteiger partial charge in [0.1, 0.15) is 17.5 Å². The van der Waals surface area contributed by atoms with E-state index in [-0.39, 0.29) is 12.0 Å². The molecule has 0 amide bonds. The quantitative estimate of drug-likeness (QED) is 0.819. The lowest BCUT2D eigenvalue weighted by atomic mass is 9.77. The van der Waals surface area contributed by atoms with Gasteiger partial charge in [0.25, 0.3) is 0 Å². The molecule has 2 N–H and O–H groups in total. The van der Waals surface area contributed by atoms with Crippen molar-refractivity contribution >= 4 is 0 Å². The zero-order valence-corrected chi connectivity index (χ0v) is 17.5. The second-order valence-electron chi connectivity index (χ2n) is 8.12. The van der Waals surface area contributed by atoms with Crippen LogP contribution in [-0.4, -0.2) is 35.1 Å². The van der Waals surface area contributed by atoms with Crippen LogP contribution in [0.5, 0.6) is 5.75 Å². The van der Waals surface area contributed by atoms with E-state index in [1.807, 2.05) is 45.9 Å². The maximum absolute atomic E-state index is 10.8. The van der Waals surface area contributed by atoms with Crippen LogP contribution in [0.4, 0.5) is 0 Å². The van der Waals surface area contributed by atoms with Crippen molar-refractivity contribution in [3.05, 3.63) is 64.7 Å². The summed E-state index contributed by atoms with van der Waals surface area (Å²) in [4.78, 5) is 0. The lowest BCUT2D eigenvalue weighted by Gasteiger charge is -2.47. The minimum atomic E-state index is -0.972. The lowest BCUT2D eigenvalue weighted by Crippen LogP contribution is -2.57. The van der Waals surface area contributed by atoms with Gasteiger partial charge in [-0.2, -0.15) is 0 Å². The summed E-state index contributed by atoms with van der Waals surface area (Å²) in [7, 11) is 0. The number of hydrogen-bond acceptors (Lipinski definition) is 4. The molecule has 1 aliphatic rings. The van der Waals surface area contributed by atoms with Crippen LogP contribution >= 0.6 is 0 Å². The Morgan fingerprint density at radius 2 is 1.75 bits per heavy atom. The molecule has 0 unspecified atom stereocenters. The van der Waals surface area contributed by atoms with E-state index in [0.29, 0.717) is 6.61 Å². The Labute approximate surface area is 168 Å². The fourth-order valence-electron chi connectivity index (χ4n) is 3.95. The van der Waals surface area contributed by atoms with Crippen LogP contribution in [0.2, 0.25) is 0 Å². The van der Waals surface area contributed by atoms with Crippen LogP contribution in [0.1, 0.15) is 49.9 Å². The Bertz CT molecular complexity index is 801. The van der Waals surface area contributed by atoms with E-state index in [9.17, 15) is 10.2 Å². The van der Waals surface area contributed by atoms with E-state index in [4.69, 9.17) is 9.47 Å². The molecule has 28 heavy (non-hydrogen) atoms. The van der Waals surface area contributed by atoms with E-state index in [1.54, 1.807) is 0 Å². The molecule has 1 fully saturated rings. The van der Waals surface area contributed by atoms with Crippen LogP contribution in [0.15, 0.2) is 42.5 Å². The minimum absolute atomic E-state index is 0.114. The predicted octanol–water partition coefficient (Wildman–Crippen LogP) is 3.98. The molecule has 4 heteroatoms. The highest BCUT2D eigenvalue weighted by molar-refractivity contribution is 5.39. The van der Waals surface area contributed by atoms with Gasteiger partial charge in [0.05, 0.1) is 18.8 Å². The summed E-state index contributed by atoms with van der Waals surface area (Å²) < 4.78 is 11.7. The average molecular weight is 385 g/mol. The minimum Gasteiger partial charge on any atom is -0.494 e. The molecule has 2 aromatic rings. The van der Waals surface area contributed by atoms with Gasteiger partial charge in [-0.05, 0) is 68.5 Å². The smallest absolute Gasteiger partial charge is 0.119 e. The number of benzene rings is 2. The monoisotopic (exact) mass is 384 g/mol. The first-order valence-electron chi connectivity index (χ1n) is 10.1. The highest BCUT2D eigenvalue weighted by atomic mass is 16.5. The molecule has 0 aliphatic carbocycles. The van der Waals surface area contributed by atoms with Crippen LogP contribution in [0.25, 0.3) is 0 Å². The molecular weight excluding hydrogens is 352 g/mol. The van der Waals surface area contributed by atoms with Crippen molar-refractivity contribution in [2.75, 3.05) is 6.61 Å². The van der Waals surface area contributed by atoms with Gasteiger partial charge >= 0.3 is 0 Å². The number of ether oxygens (including phenoxy) is 2. The lowest BCUT2D eigenvalue weighted by molar-refractivity contribution is -0.244. The van der Waals surface area contributed by atoms with Gasteiger partial charge in [-0.25, -0.2) is 0 Å². The number of aryl methyl sites for hydroxylation is 1. The molecule has 2 aromatic carbocycles. The Kier molecular flexibility index (Phi) is 6.13. The second kappa shape index (κ2) is 8.24. The summed E-state index contributed by atoms with van der Waals surface area (Å²) in [6.07, 6.45) is -1.14. The normalized spacial score (nSPS) is 30.2. The van der Waals surface area contributed by atoms with Gasteiger partial charge in [-0.1, -0.05) is 37.3 Å². The average Bonchev–Trinajstić information content (AvgIpc) is 2.68. The molecule has 0 aromatic heterocycles. The van der Waals surface area contributed by atoms with Crippen molar-refractivity contribution in [1.82, 2.24) is 0 Å². The third-order valence-corrected chi connectivity index (χ3v) is 6.15. The largest absolute Gasteiger partial charge is 0.494 e. The van der Waals surface area contributed by atoms with Crippen molar-refractivity contribution in [2.24, 2.45) is 5.92 Å². The highest BCUT2D eigenvalue weighted by Crippen LogP contribution is 2.40. The third kappa shape index (κ3) is 3.95. The van der Waals surface area contributed by atoms with Crippen LogP contribution < -0.4 is 4.74 Å². The first-order valence-corrected chi connectivity index (χ1v) is 10.1. The summed E-state index contributed by atoms with van der Waals surface area (Å²) in [6.45, 7) is 10.5. The zero-order chi connectivity index (χ0) is 20.5. The maximum atomic E-state index is 10.8. The molecule has 0 radical (unpaired) electrons. The maximum Gasteiger partial charge on any atom is 0.119 e. The molecular formula is C24H32O4. The molecule has 5 atom stereocenters. The van der Waals surface area contributed by atoms with Gasteiger partial charge in [-0.15, -0.1) is 0 Å². The fourth-order valence-corrected chi connectivity index (χ4v) is 3.95. The van der Waals surface area contributed by atoms with Crippen molar-refractivity contribution < 1.29 is 19.7 Å². The van der Waals surface area contributed by atoms with Gasteiger partial charge < -0.3 is 19.7 Å². The number of aliphatic hydroxyl groups is 2. The van der Waals surface area contributed by atoms with Crippen molar-refractivity contribution in [1.29, 1.82) is 0 Å². The number of aliphatic hydroxyl groups excluding tert-OH is 2. The van der Waals surface area contributed by atoms with Crippen LogP contribution in [-0.2, 0) is 16.8 Å². The van der Waals surface area contributed by atoms with Gasteiger partial charge in [-0.3, -0.25) is 0 Å². The standard InChI is InChI=1S/C24H32O4/c1-6-27-21-11-8-18(9-12-21)13-19-14-20(10-7-15(19)2)24(5)23(26)22(25)16(3)17(4)28-24/h7-12,14,16-17,22-23,25-26H,6,13H2,1-5H3/t16-,17+,22+,23-,24-/m1/s1. The molecule has 3 rings (SSSR count). The van der Waals surface area contributed by atoms with E-state index >= 15 is 0 Å². The topological polar surface area (TPSA) is 58.9 Å². The van der Waals surface area contributed by atoms with E-state index in [2.05, 4.69) is 31.2 Å². The van der Waals surface area contributed by atoms with Crippen molar-refractivity contribution in [2.45, 2.75) is 65.0 Å². The molecule has 1 aliphatic heterocycles. The summed E-state index contributed by atoms with van der Waals surface area (Å²) >= 11 is 0. The Morgan fingerprint density at radius 1 is 1.07 bits per heavy atom.